The van der Waals surface area contributed by atoms with Crippen molar-refractivity contribution < 1.29 is 19.1 Å². The molecule has 0 radical (unpaired) electrons. The summed E-state index contributed by atoms with van der Waals surface area (Å²) in [5.74, 6) is -1.60. The maximum absolute atomic E-state index is 11.8. The molecule has 1 aliphatic heterocycles. The van der Waals surface area contributed by atoms with Gasteiger partial charge in [-0.1, -0.05) is 0 Å². The number of ether oxygens (including phenoxy) is 1. The molecule has 0 saturated carbocycles. The molecule has 0 spiro atoms. The van der Waals surface area contributed by atoms with Gasteiger partial charge in [-0.3, -0.25) is 9.59 Å². The van der Waals surface area contributed by atoms with E-state index < -0.39 is 11.9 Å². The number of nitrogens with zero attached hydrogens (tertiary/aromatic N) is 1. The van der Waals surface area contributed by atoms with Crippen molar-refractivity contribution in [2.24, 2.45) is 0 Å². The summed E-state index contributed by atoms with van der Waals surface area (Å²) in [5.41, 5.74) is 1.29. The first-order chi connectivity index (χ1) is 10.1. The van der Waals surface area contributed by atoms with E-state index in [1.54, 1.807) is 36.1 Å². The van der Waals surface area contributed by atoms with Crippen LogP contribution < -0.4 is 10.2 Å². The number of piperidine rings is 1. The van der Waals surface area contributed by atoms with Crippen LogP contribution in [-0.2, 0) is 19.1 Å². The number of carbonyl (C=O) groups is 3. The van der Waals surface area contributed by atoms with Crippen molar-refractivity contribution in [1.29, 1.82) is 0 Å². The highest BCUT2D eigenvalue weighted by Crippen LogP contribution is 2.22. The van der Waals surface area contributed by atoms with E-state index in [4.69, 9.17) is 0 Å². The van der Waals surface area contributed by atoms with Crippen LogP contribution in [0.4, 0.5) is 11.4 Å². The second-order valence-electron chi connectivity index (χ2n) is 4.72. The fraction of sp³-hybridized carbons (Fsp3) is 0.400. The van der Waals surface area contributed by atoms with Gasteiger partial charge in [0.25, 0.3) is 0 Å². The van der Waals surface area contributed by atoms with Crippen molar-refractivity contribution in [3.8, 4) is 0 Å². The Labute approximate surface area is 123 Å². The first kappa shape index (κ1) is 15.0. The summed E-state index contributed by atoms with van der Waals surface area (Å²) in [6.07, 6.45) is 2.50. The molecule has 1 heterocycles. The number of nitrogens with one attached hydrogen (secondary N) is 1. The van der Waals surface area contributed by atoms with E-state index in [1.165, 1.54) is 0 Å². The largest absolute Gasteiger partial charge is 0.459 e. The molecule has 1 N–H and O–H groups in total. The van der Waals surface area contributed by atoms with Gasteiger partial charge in [0.1, 0.15) is 0 Å². The molecule has 0 aromatic heterocycles. The molecule has 0 unspecified atom stereocenters. The molecule has 2 rings (SSSR count). The Morgan fingerprint density at radius 1 is 1.24 bits per heavy atom. The molecule has 2 amide bonds. The van der Waals surface area contributed by atoms with Gasteiger partial charge < -0.3 is 15.0 Å². The highest BCUT2D eigenvalue weighted by atomic mass is 16.5. The molecular formula is C15H18N2O4. The maximum atomic E-state index is 11.8. The summed E-state index contributed by atoms with van der Waals surface area (Å²) in [5, 5.41) is 2.45. The SMILES string of the molecule is CCOC(=O)C(=O)Nc1ccc(N2CCCCC2=O)cc1. The summed E-state index contributed by atoms with van der Waals surface area (Å²) in [6, 6.07) is 6.83. The zero-order valence-corrected chi connectivity index (χ0v) is 11.9. The second kappa shape index (κ2) is 6.88. The number of benzene rings is 1. The van der Waals surface area contributed by atoms with Gasteiger partial charge in [0.15, 0.2) is 0 Å². The van der Waals surface area contributed by atoms with E-state index in [-0.39, 0.29) is 12.5 Å². The zero-order valence-electron chi connectivity index (χ0n) is 11.9. The fourth-order valence-corrected chi connectivity index (χ4v) is 2.18. The van der Waals surface area contributed by atoms with E-state index in [0.717, 1.165) is 18.5 Å². The molecule has 6 heteroatoms. The van der Waals surface area contributed by atoms with Crippen LogP contribution in [0.25, 0.3) is 0 Å². The Bertz CT molecular complexity index is 539. The lowest BCUT2D eigenvalue weighted by molar-refractivity contribution is -0.152. The maximum Gasteiger partial charge on any atom is 0.397 e. The molecule has 0 atom stereocenters. The number of anilines is 2. The predicted octanol–water partition coefficient (Wildman–Crippen LogP) is 1.71. The highest BCUT2D eigenvalue weighted by Gasteiger charge is 2.20. The lowest BCUT2D eigenvalue weighted by atomic mass is 10.1. The van der Waals surface area contributed by atoms with Crippen LogP contribution in [0.2, 0.25) is 0 Å². The number of rotatable bonds is 3. The molecule has 112 valence electrons. The lowest BCUT2D eigenvalue weighted by Crippen LogP contribution is -2.35. The van der Waals surface area contributed by atoms with Gasteiger partial charge in [0.2, 0.25) is 5.91 Å². The molecule has 1 saturated heterocycles. The molecule has 6 nitrogen and oxygen atoms in total. The van der Waals surface area contributed by atoms with Crippen LogP contribution >= 0.6 is 0 Å². The molecular weight excluding hydrogens is 272 g/mol. The third-order valence-electron chi connectivity index (χ3n) is 3.22. The Morgan fingerprint density at radius 3 is 2.57 bits per heavy atom. The summed E-state index contributed by atoms with van der Waals surface area (Å²) in [4.78, 5) is 36.3. The molecule has 1 aromatic rings. The van der Waals surface area contributed by atoms with Crippen molar-refractivity contribution in [2.75, 3.05) is 23.4 Å². The molecule has 0 bridgehead atoms. The minimum absolute atomic E-state index is 0.115. The topological polar surface area (TPSA) is 75.7 Å². The van der Waals surface area contributed by atoms with E-state index in [9.17, 15) is 14.4 Å². The van der Waals surface area contributed by atoms with Crippen molar-refractivity contribution >= 4 is 29.2 Å². The Morgan fingerprint density at radius 2 is 1.95 bits per heavy atom. The van der Waals surface area contributed by atoms with Gasteiger partial charge in [-0.05, 0) is 44.0 Å². The summed E-state index contributed by atoms with van der Waals surface area (Å²) in [7, 11) is 0. The number of esters is 1. The van der Waals surface area contributed by atoms with Gasteiger partial charge in [0, 0.05) is 24.3 Å². The quantitative estimate of drug-likeness (QED) is 0.679. The van der Waals surface area contributed by atoms with Crippen molar-refractivity contribution in [3.05, 3.63) is 24.3 Å². The lowest BCUT2D eigenvalue weighted by Gasteiger charge is -2.26. The van der Waals surface area contributed by atoms with Crippen LogP contribution in [-0.4, -0.2) is 30.9 Å². The van der Waals surface area contributed by atoms with E-state index >= 15 is 0 Å². The zero-order chi connectivity index (χ0) is 15.2. The smallest absolute Gasteiger partial charge is 0.397 e. The second-order valence-corrected chi connectivity index (χ2v) is 4.72. The summed E-state index contributed by atoms with van der Waals surface area (Å²) < 4.78 is 4.60. The van der Waals surface area contributed by atoms with Gasteiger partial charge in [-0.15, -0.1) is 0 Å². The first-order valence-corrected chi connectivity index (χ1v) is 7.00. The number of hydrogen-bond donors (Lipinski definition) is 1. The third kappa shape index (κ3) is 3.81. The van der Waals surface area contributed by atoms with Crippen LogP contribution in [0, 0.1) is 0 Å². The van der Waals surface area contributed by atoms with Crippen LogP contribution in [0.5, 0.6) is 0 Å². The normalized spacial score (nSPS) is 14.7. The Balaban J connectivity index is 2.00. The van der Waals surface area contributed by atoms with E-state index in [2.05, 4.69) is 10.1 Å². The van der Waals surface area contributed by atoms with Gasteiger partial charge >= 0.3 is 11.9 Å². The molecule has 1 aromatic carbocycles. The number of hydrogen-bond acceptors (Lipinski definition) is 4. The predicted molar refractivity (Wildman–Crippen MR) is 77.9 cm³/mol. The van der Waals surface area contributed by atoms with Gasteiger partial charge in [0.05, 0.1) is 6.61 Å². The fourth-order valence-electron chi connectivity index (χ4n) is 2.18. The minimum atomic E-state index is -0.909. The monoisotopic (exact) mass is 290 g/mol. The molecule has 1 aliphatic rings. The first-order valence-electron chi connectivity index (χ1n) is 7.00. The summed E-state index contributed by atoms with van der Waals surface area (Å²) >= 11 is 0. The van der Waals surface area contributed by atoms with Crippen LogP contribution in [0.15, 0.2) is 24.3 Å². The Hall–Kier alpha value is -2.37. The molecule has 21 heavy (non-hydrogen) atoms. The standard InChI is InChI=1S/C15H18N2O4/c1-2-21-15(20)14(19)16-11-6-8-12(9-7-11)17-10-4-3-5-13(17)18/h6-9H,2-5,10H2,1H3,(H,16,19). The van der Waals surface area contributed by atoms with Gasteiger partial charge in [-0.2, -0.15) is 0 Å². The van der Waals surface area contributed by atoms with Crippen LogP contribution in [0.1, 0.15) is 26.2 Å². The van der Waals surface area contributed by atoms with E-state index in [0.29, 0.717) is 18.7 Å². The average molecular weight is 290 g/mol. The van der Waals surface area contributed by atoms with Crippen molar-refractivity contribution in [1.82, 2.24) is 0 Å². The average Bonchev–Trinajstić information content (AvgIpc) is 2.49. The third-order valence-corrected chi connectivity index (χ3v) is 3.22. The van der Waals surface area contributed by atoms with Crippen molar-refractivity contribution in [3.63, 3.8) is 0 Å². The summed E-state index contributed by atoms with van der Waals surface area (Å²) in [6.45, 7) is 2.51. The van der Waals surface area contributed by atoms with Gasteiger partial charge in [-0.25, -0.2) is 4.79 Å². The van der Waals surface area contributed by atoms with Crippen molar-refractivity contribution in [2.45, 2.75) is 26.2 Å². The van der Waals surface area contributed by atoms with E-state index in [1.807, 2.05) is 0 Å². The minimum Gasteiger partial charge on any atom is -0.459 e. The molecule has 0 aliphatic carbocycles. The van der Waals surface area contributed by atoms with Crippen LogP contribution in [0.3, 0.4) is 0 Å². The number of carbonyl (C=O) groups excluding carboxylic acids is 3. The Kier molecular flexibility index (Phi) is 4.92. The molecule has 1 fully saturated rings. The number of amides is 2. The highest BCUT2D eigenvalue weighted by molar-refractivity contribution is 6.37.